The van der Waals surface area contributed by atoms with E-state index in [1.165, 1.54) is 6.08 Å². The number of carbonyl (C=O) groups excluding carboxylic acids is 2. The molecule has 1 heterocycles. The molecular formula is C24H31Na2O10P. The number of ether oxygens (including phenoxy) is 2. The standard InChI is InChI=1S/C24H33O10P.2Na/c1-21(2)32-17-10-15-14-6-5-12-9-13(25)7-8-22(12,3)18(14)16(26)11-23(15,4)24(17,34-21)19(27)20(28)33-35(29,30)31;;/h7-9,14-18,20,26,28H,5-6,10-11H2,1-4H3,(H2,29,30,31);;/q;2*+1/p-2/t14-,15-,16-,17+,18+,20?,22-,23-,24-;;/m0../s1. The van der Waals surface area contributed by atoms with Crippen molar-refractivity contribution in [2.24, 2.45) is 28.6 Å². The zero-order valence-electron chi connectivity index (χ0n) is 22.1. The minimum absolute atomic E-state index is 0. The summed E-state index contributed by atoms with van der Waals surface area (Å²) in [6, 6.07) is 0. The van der Waals surface area contributed by atoms with Crippen LogP contribution in [0.1, 0.15) is 53.4 Å². The summed E-state index contributed by atoms with van der Waals surface area (Å²) >= 11 is 0. The van der Waals surface area contributed by atoms with Gasteiger partial charge in [-0.15, -0.1) is 0 Å². The van der Waals surface area contributed by atoms with Crippen LogP contribution in [0.4, 0.5) is 0 Å². The van der Waals surface area contributed by atoms with Gasteiger partial charge in [0.2, 0.25) is 12.1 Å². The molecule has 194 valence electrons. The molecule has 37 heavy (non-hydrogen) atoms. The van der Waals surface area contributed by atoms with E-state index in [9.17, 15) is 34.2 Å². The predicted octanol–water partition coefficient (Wildman–Crippen LogP) is -5.49. The van der Waals surface area contributed by atoms with Gasteiger partial charge < -0.3 is 38.6 Å². The summed E-state index contributed by atoms with van der Waals surface area (Å²) in [6.45, 7) is 7.05. The molecule has 1 aliphatic heterocycles. The van der Waals surface area contributed by atoms with Crippen LogP contribution in [0.2, 0.25) is 0 Å². The van der Waals surface area contributed by atoms with Crippen LogP contribution in [0.25, 0.3) is 0 Å². The maximum Gasteiger partial charge on any atom is 1.00 e. The molecule has 0 aromatic heterocycles. The van der Waals surface area contributed by atoms with E-state index >= 15 is 0 Å². The van der Waals surface area contributed by atoms with Crippen molar-refractivity contribution >= 4 is 19.4 Å². The van der Waals surface area contributed by atoms with Crippen LogP contribution in [0.5, 0.6) is 0 Å². The van der Waals surface area contributed by atoms with Crippen LogP contribution < -0.4 is 68.9 Å². The Kier molecular flexibility index (Phi) is 8.94. The molecule has 5 aliphatic rings. The first-order valence-electron chi connectivity index (χ1n) is 12.0. The topological polar surface area (TPSA) is 165 Å². The number of phosphoric ester groups is 1. The van der Waals surface area contributed by atoms with Gasteiger partial charge in [0.1, 0.15) is 0 Å². The minimum Gasteiger partial charge on any atom is -0.790 e. The summed E-state index contributed by atoms with van der Waals surface area (Å²) in [5, 5.41) is 21.9. The molecule has 0 aromatic rings. The first-order valence-corrected chi connectivity index (χ1v) is 13.4. The SMILES string of the molecule is CC1(C)O[C@@H]2C[C@H]3[C@@H]4CCC5=CC(=O)C=C[C@]5(C)[C@H]4[C@@H](O)C[C@]3(C)[C@]2(C(=O)C(O)OP(=O)([O-])[O-])O1.[Na+].[Na+]. The molecule has 0 amide bonds. The van der Waals surface area contributed by atoms with Crippen molar-refractivity contribution in [3.8, 4) is 0 Å². The maximum atomic E-state index is 13.6. The molecule has 0 radical (unpaired) electrons. The number of hydrogen-bond acceptors (Lipinski definition) is 10. The molecular weight excluding hydrogens is 525 g/mol. The Labute approximate surface area is 260 Å². The Balaban J connectivity index is 0.00000190. The van der Waals surface area contributed by atoms with Gasteiger partial charge in [0.05, 0.1) is 20.0 Å². The number of rotatable bonds is 4. The van der Waals surface area contributed by atoms with E-state index < -0.39 is 54.3 Å². The molecule has 0 spiro atoms. The summed E-state index contributed by atoms with van der Waals surface area (Å²) in [5.74, 6) is -2.84. The van der Waals surface area contributed by atoms with Crippen molar-refractivity contribution < 1.29 is 107 Å². The zero-order chi connectivity index (χ0) is 25.8. The van der Waals surface area contributed by atoms with E-state index in [1.807, 2.05) is 13.0 Å². The van der Waals surface area contributed by atoms with Crippen molar-refractivity contribution in [2.45, 2.75) is 83.3 Å². The number of fused-ring (bicyclic) bond motifs is 7. The number of aliphatic hydroxyl groups is 2. The van der Waals surface area contributed by atoms with Crippen molar-refractivity contribution in [1.29, 1.82) is 0 Å². The second-order valence-corrected chi connectivity index (χ2v) is 12.7. The van der Waals surface area contributed by atoms with Crippen LogP contribution in [0, 0.1) is 28.6 Å². The number of allylic oxidation sites excluding steroid dienone is 4. The van der Waals surface area contributed by atoms with E-state index in [0.717, 1.165) is 5.57 Å². The van der Waals surface area contributed by atoms with Crippen LogP contribution in [-0.2, 0) is 28.2 Å². The van der Waals surface area contributed by atoms with Gasteiger partial charge in [-0.1, -0.05) is 25.5 Å². The van der Waals surface area contributed by atoms with E-state index in [-0.39, 0.29) is 89.1 Å². The third-order valence-corrected chi connectivity index (χ3v) is 9.77. The molecule has 10 nitrogen and oxygen atoms in total. The van der Waals surface area contributed by atoms with Crippen molar-refractivity contribution in [3.63, 3.8) is 0 Å². The van der Waals surface area contributed by atoms with Gasteiger partial charge in [-0.3, -0.25) is 9.59 Å². The number of hydrogen-bond donors (Lipinski definition) is 2. The van der Waals surface area contributed by atoms with Crippen LogP contribution >= 0.6 is 7.82 Å². The minimum atomic E-state index is -5.67. The predicted molar refractivity (Wildman–Crippen MR) is 116 cm³/mol. The molecule has 1 unspecified atom stereocenters. The number of aliphatic hydroxyl groups excluding tert-OH is 2. The molecule has 3 saturated carbocycles. The molecule has 2 N–H and O–H groups in total. The molecule has 5 rings (SSSR count). The Morgan fingerprint density at radius 2 is 1.89 bits per heavy atom. The normalized spacial score (nSPS) is 44.3. The fourth-order valence-electron chi connectivity index (χ4n) is 8.21. The second kappa shape index (κ2) is 10.2. The van der Waals surface area contributed by atoms with Gasteiger partial charge in [0.15, 0.2) is 17.2 Å². The van der Waals surface area contributed by atoms with Gasteiger partial charge in [-0.25, -0.2) is 0 Å². The summed E-state index contributed by atoms with van der Waals surface area (Å²) in [5.41, 5.74) is -2.41. The number of Topliss-reactive ketones (excluding diaryl/α,β-unsaturated/α-hetero) is 1. The Hall–Kier alpha value is 0.770. The average molecular weight is 556 g/mol. The fraction of sp³-hybridized carbons (Fsp3) is 0.750. The third kappa shape index (κ3) is 4.85. The molecule has 0 bridgehead atoms. The van der Waals surface area contributed by atoms with Gasteiger partial charge >= 0.3 is 59.1 Å². The van der Waals surface area contributed by atoms with Crippen molar-refractivity contribution in [1.82, 2.24) is 0 Å². The maximum absolute atomic E-state index is 13.6. The van der Waals surface area contributed by atoms with Gasteiger partial charge in [0.25, 0.3) is 0 Å². The zero-order valence-corrected chi connectivity index (χ0v) is 27.0. The Morgan fingerprint density at radius 1 is 1.24 bits per heavy atom. The molecule has 4 fully saturated rings. The van der Waals surface area contributed by atoms with Gasteiger partial charge in [0, 0.05) is 16.7 Å². The quantitative estimate of drug-likeness (QED) is 0.194. The molecule has 0 aromatic carbocycles. The van der Waals surface area contributed by atoms with Crippen molar-refractivity contribution in [3.05, 3.63) is 23.8 Å². The summed E-state index contributed by atoms with van der Waals surface area (Å²) in [7, 11) is -5.67. The summed E-state index contributed by atoms with van der Waals surface area (Å²) in [6.07, 6.45) is 2.63. The largest absolute Gasteiger partial charge is 1.00 e. The number of ketones is 2. The second-order valence-electron chi connectivity index (χ2n) is 11.6. The molecule has 4 aliphatic carbocycles. The van der Waals surface area contributed by atoms with Crippen molar-refractivity contribution in [2.75, 3.05) is 0 Å². The van der Waals surface area contributed by atoms with Gasteiger partial charge in [-0.05, 0) is 63.5 Å². The molecule has 13 heteroatoms. The van der Waals surface area contributed by atoms with E-state index in [2.05, 4.69) is 4.52 Å². The Morgan fingerprint density at radius 3 is 2.51 bits per heavy atom. The van der Waals surface area contributed by atoms with E-state index in [1.54, 1.807) is 26.8 Å². The smallest absolute Gasteiger partial charge is 0.790 e. The summed E-state index contributed by atoms with van der Waals surface area (Å²) in [4.78, 5) is 48.0. The van der Waals surface area contributed by atoms with Crippen LogP contribution in [0.15, 0.2) is 23.8 Å². The van der Waals surface area contributed by atoms with Crippen LogP contribution in [0.3, 0.4) is 0 Å². The number of carbonyl (C=O) groups is 2. The first kappa shape index (κ1) is 32.3. The number of phosphoric acid groups is 1. The third-order valence-electron chi connectivity index (χ3n) is 9.31. The van der Waals surface area contributed by atoms with Crippen LogP contribution in [-0.4, -0.2) is 51.7 Å². The van der Waals surface area contributed by atoms with E-state index in [0.29, 0.717) is 19.3 Å². The van der Waals surface area contributed by atoms with E-state index in [4.69, 9.17) is 9.47 Å². The average Bonchev–Trinajstić information content (AvgIpc) is 3.12. The Bertz CT molecular complexity index is 1090. The monoisotopic (exact) mass is 556 g/mol. The first-order chi connectivity index (χ1) is 16.0. The van der Waals surface area contributed by atoms with Gasteiger partial charge in [-0.2, -0.15) is 0 Å². The molecule has 1 saturated heterocycles. The summed E-state index contributed by atoms with van der Waals surface area (Å²) < 4.78 is 27.6. The fourth-order valence-corrected chi connectivity index (χ4v) is 8.55. The molecule has 9 atom stereocenters.